The number of aryl methyl sites for hydroxylation is 1. The van der Waals surface area contributed by atoms with Crippen molar-refractivity contribution in [2.75, 3.05) is 22.7 Å². The molecule has 1 saturated heterocycles. The highest BCUT2D eigenvalue weighted by Gasteiger charge is 2.24. The Morgan fingerprint density at radius 2 is 2.11 bits per heavy atom. The van der Waals surface area contributed by atoms with E-state index < -0.39 is 16.0 Å². The van der Waals surface area contributed by atoms with Gasteiger partial charge in [0.1, 0.15) is 0 Å². The van der Waals surface area contributed by atoms with Gasteiger partial charge >= 0.3 is 5.97 Å². The molecule has 3 rings (SSSR count). The number of aromatic nitrogens is 1. The normalized spacial score (nSPS) is 17.6. The maximum Gasteiger partial charge on any atom is 0.337 e. The maximum atomic E-state index is 12.8. The van der Waals surface area contributed by atoms with Crippen molar-refractivity contribution in [3.63, 3.8) is 0 Å². The number of anilines is 2. The predicted molar refractivity (Wildman–Crippen MR) is 104 cm³/mol. The van der Waals surface area contributed by atoms with Crippen LogP contribution >= 0.6 is 0 Å². The summed E-state index contributed by atoms with van der Waals surface area (Å²) < 4.78 is 28.2. The Kier molecular flexibility index (Phi) is 5.36. The minimum absolute atomic E-state index is 0.0641. The van der Waals surface area contributed by atoms with E-state index in [0.29, 0.717) is 11.7 Å². The Morgan fingerprint density at radius 1 is 1.33 bits per heavy atom. The van der Waals surface area contributed by atoms with Crippen LogP contribution in [0, 0.1) is 12.8 Å². The molecule has 1 aromatic carbocycles. The van der Waals surface area contributed by atoms with Gasteiger partial charge in [-0.15, -0.1) is 0 Å². The van der Waals surface area contributed by atoms with Crippen LogP contribution < -0.4 is 9.62 Å². The first-order valence-corrected chi connectivity index (χ1v) is 10.3. The molecule has 2 heterocycles. The zero-order chi connectivity index (χ0) is 19.6. The van der Waals surface area contributed by atoms with Crippen LogP contribution in [0.25, 0.3) is 0 Å². The molecule has 0 spiro atoms. The molecule has 2 N–H and O–H groups in total. The summed E-state index contributed by atoms with van der Waals surface area (Å²) in [6.45, 7) is 5.45. The van der Waals surface area contributed by atoms with Crippen LogP contribution in [0.2, 0.25) is 0 Å². The third-order valence-corrected chi connectivity index (χ3v) is 5.98. The topological polar surface area (TPSA) is 99.6 Å². The lowest BCUT2D eigenvalue weighted by Gasteiger charge is -2.33. The summed E-state index contributed by atoms with van der Waals surface area (Å²) in [7, 11) is -3.86. The standard InChI is InChI=1S/C19H23N3O4S/c1-13-5-3-7-16(9-13)27(25,26)21-17-10-15(19(23)24)11-20-18(17)22-8-4-6-14(2)12-22/h3,5,7,9-11,14,21H,4,6,8,12H2,1-2H3,(H,23,24)/t14-/m0/s1. The Labute approximate surface area is 159 Å². The van der Waals surface area contributed by atoms with E-state index in [-0.39, 0.29) is 16.1 Å². The molecule has 1 aliphatic rings. The van der Waals surface area contributed by atoms with Gasteiger partial charge in [-0.25, -0.2) is 18.2 Å². The van der Waals surface area contributed by atoms with Crippen LogP contribution in [0.5, 0.6) is 0 Å². The van der Waals surface area contributed by atoms with Gasteiger partial charge in [-0.3, -0.25) is 4.72 Å². The number of carbonyl (C=O) groups is 1. The molecular weight excluding hydrogens is 366 g/mol. The molecule has 7 nitrogen and oxygen atoms in total. The number of nitrogens with zero attached hydrogens (tertiary/aromatic N) is 2. The highest BCUT2D eigenvalue weighted by Crippen LogP contribution is 2.30. The van der Waals surface area contributed by atoms with Crippen molar-refractivity contribution in [2.24, 2.45) is 5.92 Å². The summed E-state index contributed by atoms with van der Waals surface area (Å²) in [4.78, 5) is 17.7. The van der Waals surface area contributed by atoms with Gasteiger partial charge in [-0.1, -0.05) is 19.1 Å². The van der Waals surface area contributed by atoms with E-state index in [2.05, 4.69) is 16.6 Å². The van der Waals surface area contributed by atoms with Crippen molar-refractivity contribution in [3.8, 4) is 0 Å². The summed E-state index contributed by atoms with van der Waals surface area (Å²) in [6, 6.07) is 7.89. The largest absolute Gasteiger partial charge is 0.478 e. The number of pyridine rings is 1. The van der Waals surface area contributed by atoms with Crippen LogP contribution in [-0.2, 0) is 10.0 Å². The minimum Gasteiger partial charge on any atom is -0.478 e. The quantitative estimate of drug-likeness (QED) is 0.815. The molecule has 144 valence electrons. The number of nitrogens with one attached hydrogen (secondary N) is 1. The number of carboxylic acid groups (broad SMARTS) is 1. The molecule has 1 aliphatic heterocycles. The van der Waals surface area contributed by atoms with E-state index in [1.165, 1.54) is 18.3 Å². The molecule has 0 radical (unpaired) electrons. The summed E-state index contributed by atoms with van der Waals surface area (Å²) in [5, 5.41) is 9.27. The number of hydrogen-bond donors (Lipinski definition) is 2. The Bertz CT molecular complexity index is 959. The second-order valence-electron chi connectivity index (χ2n) is 7.02. The number of piperidine rings is 1. The van der Waals surface area contributed by atoms with Crippen molar-refractivity contribution in [1.82, 2.24) is 4.98 Å². The van der Waals surface area contributed by atoms with Crippen LogP contribution in [0.1, 0.15) is 35.7 Å². The van der Waals surface area contributed by atoms with Gasteiger partial charge in [0.25, 0.3) is 10.0 Å². The van der Waals surface area contributed by atoms with E-state index in [4.69, 9.17) is 0 Å². The minimum atomic E-state index is -3.86. The summed E-state index contributed by atoms with van der Waals surface area (Å²) in [6.07, 6.45) is 3.35. The van der Waals surface area contributed by atoms with Crippen LogP contribution in [0.15, 0.2) is 41.4 Å². The lowest BCUT2D eigenvalue weighted by Crippen LogP contribution is -2.35. The summed E-state index contributed by atoms with van der Waals surface area (Å²) in [5.74, 6) is -0.235. The third-order valence-electron chi connectivity index (χ3n) is 4.61. The van der Waals surface area contributed by atoms with Crippen molar-refractivity contribution < 1.29 is 18.3 Å². The van der Waals surface area contributed by atoms with E-state index in [0.717, 1.165) is 31.5 Å². The Morgan fingerprint density at radius 3 is 2.78 bits per heavy atom. The molecule has 0 aliphatic carbocycles. The molecule has 0 bridgehead atoms. The van der Waals surface area contributed by atoms with Gasteiger partial charge < -0.3 is 10.0 Å². The fourth-order valence-corrected chi connectivity index (χ4v) is 4.43. The summed E-state index contributed by atoms with van der Waals surface area (Å²) >= 11 is 0. The van der Waals surface area contributed by atoms with Crippen molar-refractivity contribution in [1.29, 1.82) is 0 Å². The zero-order valence-electron chi connectivity index (χ0n) is 15.3. The molecule has 1 fully saturated rings. The average molecular weight is 389 g/mol. The van der Waals surface area contributed by atoms with Crippen molar-refractivity contribution >= 4 is 27.5 Å². The number of rotatable bonds is 5. The highest BCUT2D eigenvalue weighted by atomic mass is 32.2. The van der Waals surface area contributed by atoms with Gasteiger partial charge in [0, 0.05) is 19.3 Å². The van der Waals surface area contributed by atoms with Crippen LogP contribution in [0.4, 0.5) is 11.5 Å². The van der Waals surface area contributed by atoms with Gasteiger partial charge in [0.15, 0.2) is 5.82 Å². The molecule has 8 heteroatoms. The van der Waals surface area contributed by atoms with E-state index >= 15 is 0 Å². The first-order chi connectivity index (χ1) is 12.8. The van der Waals surface area contributed by atoms with Gasteiger partial charge in [0.2, 0.25) is 0 Å². The Balaban J connectivity index is 2.01. The summed E-state index contributed by atoms with van der Waals surface area (Å²) in [5.41, 5.74) is 0.941. The molecule has 27 heavy (non-hydrogen) atoms. The average Bonchev–Trinajstić information content (AvgIpc) is 2.61. The Hall–Kier alpha value is -2.61. The van der Waals surface area contributed by atoms with E-state index in [1.54, 1.807) is 12.1 Å². The molecule has 0 unspecified atom stereocenters. The SMILES string of the molecule is Cc1cccc(S(=O)(=O)Nc2cc(C(=O)O)cnc2N2CCC[C@H](C)C2)c1. The van der Waals surface area contributed by atoms with Crippen molar-refractivity contribution in [2.45, 2.75) is 31.6 Å². The van der Waals surface area contributed by atoms with Crippen LogP contribution in [-0.4, -0.2) is 37.6 Å². The van der Waals surface area contributed by atoms with Gasteiger partial charge in [-0.05, 0) is 49.4 Å². The lowest BCUT2D eigenvalue weighted by molar-refractivity contribution is 0.0696. The van der Waals surface area contributed by atoms with Gasteiger partial charge in [0.05, 0.1) is 16.1 Å². The fourth-order valence-electron chi connectivity index (χ4n) is 3.27. The lowest BCUT2D eigenvalue weighted by atomic mass is 10.0. The third kappa shape index (κ3) is 4.39. The smallest absolute Gasteiger partial charge is 0.337 e. The molecule has 1 aromatic heterocycles. The molecular formula is C19H23N3O4S. The molecule has 1 atom stereocenters. The predicted octanol–water partition coefficient (Wildman–Crippen LogP) is 3.13. The molecule has 2 aromatic rings. The monoisotopic (exact) mass is 389 g/mol. The number of carboxylic acids is 1. The fraction of sp³-hybridized carbons (Fsp3) is 0.368. The number of benzene rings is 1. The van der Waals surface area contributed by atoms with Gasteiger partial charge in [-0.2, -0.15) is 0 Å². The number of sulfonamides is 1. The highest BCUT2D eigenvalue weighted by molar-refractivity contribution is 7.92. The number of aromatic carboxylic acids is 1. The molecule has 0 amide bonds. The second-order valence-corrected chi connectivity index (χ2v) is 8.70. The maximum absolute atomic E-state index is 12.8. The first kappa shape index (κ1) is 19.2. The zero-order valence-corrected chi connectivity index (χ0v) is 16.2. The van der Waals surface area contributed by atoms with Crippen LogP contribution in [0.3, 0.4) is 0 Å². The second kappa shape index (κ2) is 7.56. The molecule has 0 saturated carbocycles. The van der Waals surface area contributed by atoms with E-state index in [9.17, 15) is 18.3 Å². The van der Waals surface area contributed by atoms with E-state index in [1.807, 2.05) is 17.9 Å². The first-order valence-electron chi connectivity index (χ1n) is 8.84. The van der Waals surface area contributed by atoms with Crippen molar-refractivity contribution in [3.05, 3.63) is 47.7 Å². The number of hydrogen-bond acceptors (Lipinski definition) is 5.